The average Bonchev–Trinajstić information content (AvgIpc) is 2.36. The zero-order valence-corrected chi connectivity index (χ0v) is 10.5. The monoisotopic (exact) mass is 257 g/mol. The van der Waals surface area contributed by atoms with Gasteiger partial charge in [0.05, 0.1) is 0 Å². The SMILES string of the molecule is CCC1CCCCC1(N)c1ccc(F)c(F)c1F. The van der Waals surface area contributed by atoms with E-state index in [1.807, 2.05) is 6.92 Å². The first-order chi connectivity index (χ1) is 8.50. The summed E-state index contributed by atoms with van der Waals surface area (Å²) in [5.74, 6) is -3.59. The summed E-state index contributed by atoms with van der Waals surface area (Å²) in [4.78, 5) is 0. The standard InChI is InChI=1S/C14H18F3N/c1-2-9-5-3-4-8-14(9,18)10-6-7-11(15)13(17)12(10)16/h6-7,9H,2-5,8,18H2,1H3. The van der Waals surface area contributed by atoms with Gasteiger partial charge < -0.3 is 5.73 Å². The van der Waals surface area contributed by atoms with Crippen molar-refractivity contribution >= 4 is 0 Å². The number of hydrogen-bond acceptors (Lipinski definition) is 1. The normalized spacial score (nSPS) is 28.4. The lowest BCUT2D eigenvalue weighted by atomic mass is 9.68. The maximum absolute atomic E-state index is 13.9. The van der Waals surface area contributed by atoms with E-state index in [0.717, 1.165) is 31.7 Å². The molecule has 0 saturated heterocycles. The molecule has 1 fully saturated rings. The van der Waals surface area contributed by atoms with E-state index in [4.69, 9.17) is 5.73 Å². The minimum absolute atomic E-state index is 0.116. The van der Waals surface area contributed by atoms with Crippen LogP contribution in [0.3, 0.4) is 0 Å². The van der Waals surface area contributed by atoms with E-state index in [1.54, 1.807) is 0 Å². The van der Waals surface area contributed by atoms with Crippen molar-refractivity contribution in [2.45, 2.75) is 44.6 Å². The average molecular weight is 257 g/mol. The first-order valence-corrected chi connectivity index (χ1v) is 6.43. The molecule has 2 rings (SSSR count). The van der Waals surface area contributed by atoms with E-state index in [1.165, 1.54) is 6.07 Å². The lowest BCUT2D eigenvalue weighted by Crippen LogP contribution is -2.47. The third-order valence-corrected chi connectivity index (χ3v) is 4.15. The van der Waals surface area contributed by atoms with Crippen molar-refractivity contribution in [3.8, 4) is 0 Å². The van der Waals surface area contributed by atoms with Crippen molar-refractivity contribution in [2.24, 2.45) is 11.7 Å². The van der Waals surface area contributed by atoms with Gasteiger partial charge in [0.2, 0.25) is 0 Å². The van der Waals surface area contributed by atoms with Gasteiger partial charge in [-0.25, -0.2) is 13.2 Å². The summed E-state index contributed by atoms with van der Waals surface area (Å²) in [5.41, 5.74) is 5.57. The van der Waals surface area contributed by atoms with Crippen LogP contribution in [0.2, 0.25) is 0 Å². The van der Waals surface area contributed by atoms with Gasteiger partial charge >= 0.3 is 0 Å². The smallest absolute Gasteiger partial charge is 0.194 e. The number of hydrogen-bond donors (Lipinski definition) is 1. The summed E-state index contributed by atoms with van der Waals surface area (Å²) in [6.45, 7) is 2.00. The molecule has 2 N–H and O–H groups in total. The molecule has 4 heteroatoms. The van der Waals surface area contributed by atoms with Gasteiger partial charge in [0, 0.05) is 11.1 Å². The van der Waals surface area contributed by atoms with Crippen LogP contribution >= 0.6 is 0 Å². The first-order valence-electron chi connectivity index (χ1n) is 6.43. The van der Waals surface area contributed by atoms with Crippen LogP contribution in [0.4, 0.5) is 13.2 Å². The molecule has 0 radical (unpaired) electrons. The zero-order chi connectivity index (χ0) is 13.3. The molecule has 1 saturated carbocycles. The van der Waals surface area contributed by atoms with Gasteiger partial charge in [-0.3, -0.25) is 0 Å². The predicted octanol–water partition coefficient (Wildman–Crippen LogP) is 3.86. The van der Waals surface area contributed by atoms with Crippen LogP contribution in [0.25, 0.3) is 0 Å². The number of nitrogens with two attached hydrogens (primary N) is 1. The lowest BCUT2D eigenvalue weighted by molar-refractivity contribution is 0.177. The molecule has 0 amide bonds. The number of benzene rings is 1. The van der Waals surface area contributed by atoms with E-state index < -0.39 is 23.0 Å². The molecule has 2 unspecified atom stereocenters. The second kappa shape index (κ2) is 4.92. The summed E-state index contributed by atoms with van der Waals surface area (Å²) in [6, 6.07) is 2.26. The van der Waals surface area contributed by atoms with Crippen LogP contribution in [0.1, 0.15) is 44.6 Å². The first kappa shape index (κ1) is 13.4. The van der Waals surface area contributed by atoms with Crippen LogP contribution in [-0.2, 0) is 5.54 Å². The molecule has 2 atom stereocenters. The summed E-state index contributed by atoms with van der Waals surface area (Å²) in [5, 5.41) is 0. The van der Waals surface area contributed by atoms with Gasteiger partial charge in [-0.2, -0.15) is 0 Å². The molecule has 1 aromatic carbocycles. The van der Waals surface area contributed by atoms with Crippen molar-refractivity contribution in [2.75, 3.05) is 0 Å². The Labute approximate surface area is 105 Å². The molecule has 1 aliphatic carbocycles. The minimum Gasteiger partial charge on any atom is -0.321 e. The number of rotatable bonds is 2. The molecule has 18 heavy (non-hydrogen) atoms. The Kier molecular flexibility index (Phi) is 3.66. The fourth-order valence-corrected chi connectivity index (χ4v) is 3.08. The highest BCUT2D eigenvalue weighted by atomic mass is 19.2. The molecule has 0 bridgehead atoms. The van der Waals surface area contributed by atoms with Gasteiger partial charge in [-0.15, -0.1) is 0 Å². The molecule has 0 spiro atoms. The van der Waals surface area contributed by atoms with Crippen LogP contribution in [0.15, 0.2) is 12.1 Å². The van der Waals surface area contributed by atoms with Crippen LogP contribution in [0.5, 0.6) is 0 Å². The third-order valence-electron chi connectivity index (χ3n) is 4.15. The highest BCUT2D eigenvalue weighted by Crippen LogP contribution is 2.42. The van der Waals surface area contributed by atoms with Gasteiger partial charge in [0.15, 0.2) is 17.5 Å². The second-order valence-corrected chi connectivity index (χ2v) is 5.11. The van der Waals surface area contributed by atoms with E-state index in [0.29, 0.717) is 6.42 Å². The Morgan fingerprint density at radius 2 is 1.94 bits per heavy atom. The van der Waals surface area contributed by atoms with Crippen molar-refractivity contribution in [3.05, 3.63) is 35.1 Å². The van der Waals surface area contributed by atoms with Crippen LogP contribution in [0, 0.1) is 23.4 Å². The van der Waals surface area contributed by atoms with Gasteiger partial charge in [0.1, 0.15) is 0 Å². The van der Waals surface area contributed by atoms with E-state index in [2.05, 4.69) is 0 Å². The predicted molar refractivity (Wildman–Crippen MR) is 64.4 cm³/mol. The second-order valence-electron chi connectivity index (χ2n) is 5.11. The summed E-state index contributed by atoms with van der Waals surface area (Å²) >= 11 is 0. The Morgan fingerprint density at radius 1 is 1.22 bits per heavy atom. The largest absolute Gasteiger partial charge is 0.321 e. The molecule has 0 heterocycles. The fraction of sp³-hybridized carbons (Fsp3) is 0.571. The Morgan fingerprint density at radius 3 is 2.61 bits per heavy atom. The zero-order valence-electron chi connectivity index (χ0n) is 10.5. The quantitative estimate of drug-likeness (QED) is 0.800. The summed E-state index contributed by atoms with van der Waals surface area (Å²) in [6.07, 6.45) is 4.29. The Bertz CT molecular complexity index is 447. The highest BCUT2D eigenvalue weighted by molar-refractivity contribution is 5.29. The maximum Gasteiger partial charge on any atom is 0.194 e. The number of halogens is 3. The summed E-state index contributed by atoms with van der Waals surface area (Å²) < 4.78 is 40.2. The van der Waals surface area contributed by atoms with Gasteiger partial charge in [-0.1, -0.05) is 32.3 Å². The maximum atomic E-state index is 13.9. The van der Waals surface area contributed by atoms with Crippen molar-refractivity contribution in [1.29, 1.82) is 0 Å². The molecule has 1 aliphatic rings. The van der Waals surface area contributed by atoms with Gasteiger partial charge in [0.25, 0.3) is 0 Å². The van der Waals surface area contributed by atoms with E-state index >= 15 is 0 Å². The molecule has 0 aromatic heterocycles. The minimum atomic E-state index is -1.42. The highest BCUT2D eigenvalue weighted by Gasteiger charge is 2.40. The summed E-state index contributed by atoms with van der Waals surface area (Å²) in [7, 11) is 0. The Balaban J connectivity index is 2.48. The van der Waals surface area contributed by atoms with Crippen LogP contribution in [-0.4, -0.2) is 0 Å². The molecular formula is C14H18F3N. The molecule has 1 nitrogen and oxygen atoms in total. The van der Waals surface area contributed by atoms with E-state index in [-0.39, 0.29) is 11.5 Å². The van der Waals surface area contributed by atoms with Crippen molar-refractivity contribution in [3.63, 3.8) is 0 Å². The van der Waals surface area contributed by atoms with Crippen molar-refractivity contribution in [1.82, 2.24) is 0 Å². The van der Waals surface area contributed by atoms with E-state index in [9.17, 15) is 13.2 Å². The molecule has 0 aliphatic heterocycles. The lowest BCUT2D eigenvalue weighted by Gasteiger charge is -2.41. The van der Waals surface area contributed by atoms with Gasteiger partial charge in [-0.05, 0) is 24.8 Å². The Hall–Kier alpha value is -1.03. The third kappa shape index (κ3) is 2.03. The van der Waals surface area contributed by atoms with Crippen LogP contribution < -0.4 is 5.73 Å². The topological polar surface area (TPSA) is 26.0 Å². The van der Waals surface area contributed by atoms with Crippen molar-refractivity contribution < 1.29 is 13.2 Å². The molecule has 100 valence electrons. The molecular weight excluding hydrogens is 239 g/mol. The molecule has 1 aromatic rings. The fourth-order valence-electron chi connectivity index (χ4n) is 3.08.